The largest absolute Gasteiger partial charge is 0.396 e. The lowest BCUT2D eigenvalue weighted by molar-refractivity contribution is -0.120. The number of carbonyl (C=O) groups is 1. The molecule has 1 fully saturated rings. The summed E-state index contributed by atoms with van der Waals surface area (Å²) < 4.78 is 0. The summed E-state index contributed by atoms with van der Waals surface area (Å²) in [6.45, 7) is 3.04. The third kappa shape index (κ3) is 3.88. The number of hydrogen-bond donors (Lipinski definition) is 2. The topological polar surface area (TPSA) is 49.3 Å². The van der Waals surface area contributed by atoms with Gasteiger partial charge in [-0.05, 0) is 24.5 Å². The Hall–Kier alpha value is -0.220. The Balaban J connectivity index is 2.29. The van der Waals surface area contributed by atoms with Gasteiger partial charge >= 0.3 is 0 Å². The van der Waals surface area contributed by atoms with Gasteiger partial charge in [0.25, 0.3) is 0 Å². The van der Waals surface area contributed by atoms with Crippen LogP contribution in [0.25, 0.3) is 0 Å². The van der Waals surface area contributed by atoms with Crippen LogP contribution in [0.5, 0.6) is 0 Å². The Morgan fingerprint density at radius 1 is 1.64 bits per heavy atom. The molecule has 0 aromatic carbocycles. The summed E-state index contributed by atoms with van der Waals surface area (Å²) in [7, 11) is 0. The minimum atomic E-state index is 0.103. The van der Waals surface area contributed by atoms with Gasteiger partial charge in [-0.25, -0.2) is 0 Å². The first kappa shape index (κ1) is 11.9. The van der Waals surface area contributed by atoms with E-state index >= 15 is 0 Å². The van der Waals surface area contributed by atoms with Crippen LogP contribution in [0.4, 0.5) is 0 Å². The van der Waals surface area contributed by atoms with Gasteiger partial charge in [0.15, 0.2) is 0 Å². The predicted octanol–water partition coefficient (Wildman–Crippen LogP) is 1.02. The van der Waals surface area contributed by atoms with Gasteiger partial charge in [-0.15, -0.1) is 11.8 Å². The molecule has 0 aromatic heterocycles. The van der Waals surface area contributed by atoms with Crippen molar-refractivity contribution in [3.8, 4) is 0 Å². The molecule has 1 heterocycles. The summed E-state index contributed by atoms with van der Waals surface area (Å²) in [5.41, 5.74) is 0. The molecule has 2 unspecified atom stereocenters. The maximum absolute atomic E-state index is 11.5. The molecule has 82 valence electrons. The fraction of sp³-hybridized carbons (Fsp3) is 0.900. The average Bonchev–Trinajstić information content (AvgIpc) is 2.39. The van der Waals surface area contributed by atoms with Crippen LogP contribution in [0, 0.1) is 5.92 Å². The first-order valence-corrected chi connectivity index (χ1v) is 6.29. The van der Waals surface area contributed by atoms with Crippen molar-refractivity contribution < 1.29 is 9.90 Å². The number of aliphatic hydroxyl groups is 1. The molecular weight excluding hydrogens is 198 g/mol. The fourth-order valence-electron chi connectivity index (χ4n) is 1.40. The van der Waals surface area contributed by atoms with E-state index in [1.54, 1.807) is 11.8 Å². The van der Waals surface area contributed by atoms with Gasteiger partial charge in [-0.1, -0.05) is 13.3 Å². The van der Waals surface area contributed by atoms with E-state index in [0.717, 1.165) is 31.6 Å². The number of rotatable bonds is 4. The standard InChI is InChI=1S/C10H19NO2S/c1-8(6-12)7-14-9-4-2-3-5-11-10(9)13/h8-9,12H,2-7H2,1H3,(H,11,13). The molecule has 1 aliphatic heterocycles. The second-order valence-electron chi connectivity index (χ2n) is 3.90. The van der Waals surface area contributed by atoms with Gasteiger partial charge in [-0.3, -0.25) is 4.79 Å². The Bertz CT molecular complexity index is 187. The quantitative estimate of drug-likeness (QED) is 0.739. The van der Waals surface area contributed by atoms with Crippen LogP contribution in [0.3, 0.4) is 0 Å². The van der Waals surface area contributed by atoms with Crippen molar-refractivity contribution in [3.05, 3.63) is 0 Å². The number of aliphatic hydroxyl groups excluding tert-OH is 1. The van der Waals surface area contributed by atoms with E-state index in [1.807, 2.05) is 6.92 Å². The minimum Gasteiger partial charge on any atom is -0.396 e. The van der Waals surface area contributed by atoms with Crippen molar-refractivity contribution in [1.82, 2.24) is 5.32 Å². The number of carbonyl (C=O) groups excluding carboxylic acids is 1. The highest BCUT2D eigenvalue weighted by Crippen LogP contribution is 2.21. The molecule has 1 aliphatic rings. The number of thioether (sulfide) groups is 1. The molecule has 3 nitrogen and oxygen atoms in total. The van der Waals surface area contributed by atoms with Crippen molar-refractivity contribution in [3.63, 3.8) is 0 Å². The molecular formula is C10H19NO2S. The van der Waals surface area contributed by atoms with E-state index in [4.69, 9.17) is 5.11 Å². The van der Waals surface area contributed by atoms with Crippen molar-refractivity contribution in [2.75, 3.05) is 18.9 Å². The van der Waals surface area contributed by atoms with Crippen molar-refractivity contribution in [2.45, 2.75) is 31.4 Å². The SMILES string of the molecule is CC(CO)CSC1CCCCNC1=O. The maximum Gasteiger partial charge on any atom is 0.233 e. The molecule has 4 heteroatoms. The molecule has 0 spiro atoms. The highest BCUT2D eigenvalue weighted by Gasteiger charge is 2.21. The van der Waals surface area contributed by atoms with Crippen LogP contribution in [0.2, 0.25) is 0 Å². The summed E-state index contributed by atoms with van der Waals surface area (Å²) >= 11 is 1.68. The normalized spacial score (nSPS) is 25.3. The first-order chi connectivity index (χ1) is 6.74. The van der Waals surface area contributed by atoms with Crippen molar-refractivity contribution in [2.24, 2.45) is 5.92 Å². The summed E-state index contributed by atoms with van der Waals surface area (Å²) in [5.74, 6) is 1.34. The highest BCUT2D eigenvalue weighted by atomic mass is 32.2. The number of amides is 1. The molecule has 0 saturated carbocycles. The van der Waals surface area contributed by atoms with E-state index in [9.17, 15) is 4.79 Å². The Morgan fingerprint density at radius 3 is 3.14 bits per heavy atom. The van der Waals surface area contributed by atoms with Gasteiger partial charge in [-0.2, -0.15) is 0 Å². The molecule has 14 heavy (non-hydrogen) atoms. The van der Waals surface area contributed by atoms with Gasteiger partial charge < -0.3 is 10.4 Å². The van der Waals surface area contributed by atoms with E-state index in [2.05, 4.69) is 5.32 Å². The smallest absolute Gasteiger partial charge is 0.233 e. The molecule has 0 radical (unpaired) electrons. The van der Waals surface area contributed by atoms with Crippen LogP contribution >= 0.6 is 11.8 Å². The van der Waals surface area contributed by atoms with E-state index in [0.29, 0.717) is 0 Å². The lowest BCUT2D eigenvalue weighted by Crippen LogP contribution is -2.31. The van der Waals surface area contributed by atoms with Crippen molar-refractivity contribution >= 4 is 17.7 Å². The monoisotopic (exact) mass is 217 g/mol. The van der Waals surface area contributed by atoms with Gasteiger partial charge in [0.05, 0.1) is 5.25 Å². The molecule has 1 rings (SSSR count). The van der Waals surface area contributed by atoms with Crippen LogP contribution in [0.1, 0.15) is 26.2 Å². The maximum atomic E-state index is 11.5. The van der Waals surface area contributed by atoms with Gasteiger partial charge in [0, 0.05) is 13.2 Å². The Morgan fingerprint density at radius 2 is 2.43 bits per heavy atom. The van der Waals surface area contributed by atoms with Gasteiger partial charge in [0.2, 0.25) is 5.91 Å². The van der Waals surface area contributed by atoms with E-state index in [-0.39, 0.29) is 23.7 Å². The van der Waals surface area contributed by atoms with E-state index < -0.39 is 0 Å². The highest BCUT2D eigenvalue weighted by molar-refractivity contribution is 8.00. The zero-order valence-corrected chi connectivity index (χ0v) is 9.48. The Kier molecular flexibility index (Phi) is 5.33. The lowest BCUT2D eigenvalue weighted by atomic mass is 10.2. The third-order valence-corrected chi connectivity index (χ3v) is 3.99. The summed E-state index contributed by atoms with van der Waals surface area (Å²) in [6.07, 6.45) is 3.21. The Labute approximate surface area is 89.6 Å². The summed E-state index contributed by atoms with van der Waals surface area (Å²) in [4.78, 5) is 11.5. The first-order valence-electron chi connectivity index (χ1n) is 5.24. The van der Waals surface area contributed by atoms with Gasteiger partial charge in [0.1, 0.15) is 0 Å². The fourth-order valence-corrected chi connectivity index (χ4v) is 2.64. The molecule has 0 aliphatic carbocycles. The van der Waals surface area contributed by atoms with Crippen LogP contribution in [-0.4, -0.2) is 35.2 Å². The predicted molar refractivity (Wildman–Crippen MR) is 59.4 cm³/mol. The second-order valence-corrected chi connectivity index (χ2v) is 5.13. The van der Waals surface area contributed by atoms with E-state index in [1.165, 1.54) is 0 Å². The third-order valence-electron chi connectivity index (χ3n) is 2.38. The lowest BCUT2D eigenvalue weighted by Gasteiger charge is -2.14. The molecule has 2 N–H and O–H groups in total. The number of hydrogen-bond acceptors (Lipinski definition) is 3. The number of nitrogens with one attached hydrogen (secondary N) is 1. The zero-order valence-electron chi connectivity index (χ0n) is 8.66. The zero-order chi connectivity index (χ0) is 10.4. The van der Waals surface area contributed by atoms with Crippen LogP contribution in [0.15, 0.2) is 0 Å². The average molecular weight is 217 g/mol. The molecule has 1 amide bonds. The van der Waals surface area contributed by atoms with Crippen molar-refractivity contribution in [1.29, 1.82) is 0 Å². The molecule has 2 atom stereocenters. The van der Waals surface area contributed by atoms with Crippen LogP contribution < -0.4 is 5.32 Å². The molecule has 0 bridgehead atoms. The minimum absolute atomic E-state index is 0.103. The molecule has 0 aromatic rings. The summed E-state index contributed by atoms with van der Waals surface area (Å²) in [5, 5.41) is 11.9. The van der Waals surface area contributed by atoms with Crippen LogP contribution in [-0.2, 0) is 4.79 Å². The molecule has 1 saturated heterocycles. The summed E-state index contributed by atoms with van der Waals surface area (Å²) in [6, 6.07) is 0. The second kappa shape index (κ2) is 6.30.